The summed E-state index contributed by atoms with van der Waals surface area (Å²) < 4.78 is 11.7. The number of aryl methyl sites for hydroxylation is 1. The monoisotopic (exact) mass is 543 g/mol. The molecule has 39 heavy (non-hydrogen) atoms. The summed E-state index contributed by atoms with van der Waals surface area (Å²) in [6, 6.07) is 18.7. The Labute approximate surface area is 232 Å². The lowest BCUT2D eigenvalue weighted by molar-refractivity contribution is -0.125. The van der Waals surface area contributed by atoms with Crippen molar-refractivity contribution in [1.29, 1.82) is 0 Å². The Kier molecular flexibility index (Phi) is 8.42. The number of carbonyl (C=O) groups excluding carboxylic acids is 2. The number of benzene rings is 3. The number of nitrogens with one attached hydrogen (secondary N) is 1. The van der Waals surface area contributed by atoms with E-state index in [1.807, 2.05) is 73.1 Å². The quantitative estimate of drug-likeness (QED) is 0.300. The van der Waals surface area contributed by atoms with Gasteiger partial charge in [-0.25, -0.2) is 4.98 Å². The summed E-state index contributed by atoms with van der Waals surface area (Å²) in [6.07, 6.45) is 3.17. The van der Waals surface area contributed by atoms with Gasteiger partial charge < -0.3 is 19.7 Å². The molecule has 1 atom stereocenters. The van der Waals surface area contributed by atoms with Crippen LogP contribution in [0, 0.1) is 6.92 Å². The average Bonchev–Trinajstić information content (AvgIpc) is 3.25. The molecule has 2 heterocycles. The van der Waals surface area contributed by atoms with Gasteiger partial charge >= 0.3 is 0 Å². The number of hydrogen-bond acceptors (Lipinski definition) is 6. The number of amides is 2. The fraction of sp³-hybridized carbons (Fsp3) is 0.323. The van der Waals surface area contributed by atoms with Gasteiger partial charge in [0.2, 0.25) is 5.91 Å². The van der Waals surface area contributed by atoms with Crippen LogP contribution in [0.25, 0.3) is 10.8 Å². The lowest BCUT2D eigenvalue weighted by Crippen LogP contribution is -2.48. The summed E-state index contributed by atoms with van der Waals surface area (Å²) in [5.41, 5.74) is 4.34. The van der Waals surface area contributed by atoms with Crippen LogP contribution in [0.5, 0.6) is 11.5 Å². The van der Waals surface area contributed by atoms with Crippen LogP contribution in [0.3, 0.4) is 0 Å². The molecular formula is C31H33N3O4S. The molecule has 2 amide bonds. The normalized spacial score (nSPS) is 15.4. The number of aromatic nitrogens is 1. The van der Waals surface area contributed by atoms with E-state index < -0.39 is 6.04 Å². The van der Waals surface area contributed by atoms with Gasteiger partial charge in [-0.1, -0.05) is 42.5 Å². The standard InChI is InChI=1S/C31H33N3O4S/c1-21-29(39-20-33-21)15-17-38-27-14-13-22(18-28(27)37-2)19-34(26-12-5-6-16-32-30(26)35)31(36)25-11-7-9-23-8-3-4-10-24(23)25/h3-4,7-11,13-14,18,20,26H,5-6,12,15-17,19H2,1-2H3,(H,32,35)/t26-/m0/s1. The van der Waals surface area contributed by atoms with Crippen LogP contribution in [0.1, 0.15) is 45.8 Å². The van der Waals surface area contributed by atoms with E-state index >= 15 is 0 Å². The van der Waals surface area contributed by atoms with Crippen LogP contribution in [-0.4, -0.2) is 48.0 Å². The third-order valence-corrected chi connectivity index (χ3v) is 8.17. The van der Waals surface area contributed by atoms with E-state index in [0.29, 0.717) is 36.6 Å². The third kappa shape index (κ3) is 6.06. The first-order valence-electron chi connectivity index (χ1n) is 13.3. The Balaban J connectivity index is 1.41. The highest BCUT2D eigenvalue weighted by Crippen LogP contribution is 2.31. The van der Waals surface area contributed by atoms with Crippen LogP contribution in [-0.2, 0) is 17.8 Å². The van der Waals surface area contributed by atoms with Crippen molar-refractivity contribution in [2.45, 2.75) is 45.2 Å². The maximum absolute atomic E-state index is 14.1. The molecule has 0 radical (unpaired) electrons. The maximum atomic E-state index is 14.1. The van der Waals surface area contributed by atoms with Gasteiger partial charge in [0.1, 0.15) is 6.04 Å². The van der Waals surface area contributed by atoms with E-state index in [2.05, 4.69) is 10.3 Å². The van der Waals surface area contributed by atoms with Crippen molar-refractivity contribution < 1.29 is 19.1 Å². The molecule has 0 spiro atoms. The lowest BCUT2D eigenvalue weighted by Gasteiger charge is -2.31. The lowest BCUT2D eigenvalue weighted by atomic mass is 10.0. The minimum atomic E-state index is -0.552. The van der Waals surface area contributed by atoms with E-state index in [9.17, 15) is 9.59 Å². The molecule has 0 aliphatic carbocycles. The highest BCUT2D eigenvalue weighted by Gasteiger charge is 2.32. The molecule has 1 N–H and O–H groups in total. The highest BCUT2D eigenvalue weighted by atomic mass is 32.1. The summed E-state index contributed by atoms with van der Waals surface area (Å²) in [6.45, 7) is 3.41. The van der Waals surface area contributed by atoms with Crippen molar-refractivity contribution in [3.8, 4) is 11.5 Å². The van der Waals surface area contributed by atoms with Crippen LogP contribution in [0.2, 0.25) is 0 Å². The van der Waals surface area contributed by atoms with Gasteiger partial charge in [-0.3, -0.25) is 9.59 Å². The molecule has 8 heteroatoms. The Morgan fingerprint density at radius 3 is 2.77 bits per heavy atom. The summed E-state index contributed by atoms with van der Waals surface area (Å²) in [5, 5.41) is 4.86. The molecule has 0 bridgehead atoms. The van der Waals surface area contributed by atoms with Crippen LogP contribution < -0.4 is 14.8 Å². The molecular weight excluding hydrogens is 510 g/mol. The minimum Gasteiger partial charge on any atom is -0.493 e. The average molecular weight is 544 g/mol. The molecule has 0 saturated carbocycles. The second-order valence-electron chi connectivity index (χ2n) is 9.71. The molecule has 1 aromatic heterocycles. The molecule has 5 rings (SSSR count). The van der Waals surface area contributed by atoms with Crippen LogP contribution in [0.4, 0.5) is 0 Å². The number of fused-ring (bicyclic) bond motifs is 1. The van der Waals surface area contributed by atoms with E-state index in [0.717, 1.165) is 41.3 Å². The Morgan fingerprint density at radius 2 is 1.95 bits per heavy atom. The Hall–Kier alpha value is -3.91. The molecule has 4 aromatic rings. The van der Waals surface area contributed by atoms with Gasteiger partial charge in [0.05, 0.1) is 24.9 Å². The number of rotatable bonds is 9. The summed E-state index contributed by atoms with van der Waals surface area (Å²) in [7, 11) is 1.61. The summed E-state index contributed by atoms with van der Waals surface area (Å²) in [4.78, 5) is 34.4. The SMILES string of the molecule is COc1cc(CN(C(=O)c2cccc3ccccc23)[C@H]2CCCCNC2=O)ccc1OCCc1scnc1C. The minimum absolute atomic E-state index is 0.105. The fourth-order valence-corrected chi connectivity index (χ4v) is 5.82. The Bertz CT molecular complexity index is 1460. The molecule has 3 aromatic carbocycles. The maximum Gasteiger partial charge on any atom is 0.255 e. The molecule has 1 aliphatic heterocycles. The molecule has 1 aliphatic rings. The first kappa shape index (κ1) is 26.7. The first-order valence-corrected chi connectivity index (χ1v) is 14.2. The van der Waals surface area contributed by atoms with E-state index in [4.69, 9.17) is 9.47 Å². The fourth-order valence-electron chi connectivity index (χ4n) is 5.06. The topological polar surface area (TPSA) is 80.8 Å². The van der Waals surface area contributed by atoms with Gasteiger partial charge in [0.25, 0.3) is 5.91 Å². The molecule has 202 valence electrons. The van der Waals surface area contributed by atoms with Gasteiger partial charge in [0, 0.05) is 30.0 Å². The number of methoxy groups -OCH3 is 1. The van der Waals surface area contributed by atoms with Gasteiger partial charge in [-0.05, 0) is 60.7 Å². The van der Waals surface area contributed by atoms with Gasteiger partial charge in [0.15, 0.2) is 11.5 Å². The van der Waals surface area contributed by atoms with Crippen molar-refractivity contribution in [2.75, 3.05) is 20.3 Å². The van der Waals surface area contributed by atoms with E-state index in [1.54, 1.807) is 23.3 Å². The molecule has 1 fully saturated rings. The molecule has 1 saturated heterocycles. The number of hydrogen-bond donors (Lipinski definition) is 1. The predicted octanol–water partition coefficient (Wildman–Crippen LogP) is 5.55. The number of ether oxygens (including phenoxy) is 2. The summed E-state index contributed by atoms with van der Waals surface area (Å²) >= 11 is 1.63. The number of thiazole rings is 1. The highest BCUT2D eigenvalue weighted by molar-refractivity contribution is 7.09. The van der Waals surface area contributed by atoms with E-state index in [-0.39, 0.29) is 18.4 Å². The van der Waals surface area contributed by atoms with Crippen molar-refractivity contribution in [3.63, 3.8) is 0 Å². The smallest absolute Gasteiger partial charge is 0.255 e. The molecule has 0 unspecified atom stereocenters. The van der Waals surface area contributed by atoms with Gasteiger partial charge in [-0.15, -0.1) is 11.3 Å². The number of carbonyl (C=O) groups is 2. The zero-order valence-corrected chi connectivity index (χ0v) is 23.1. The zero-order valence-electron chi connectivity index (χ0n) is 22.3. The second-order valence-corrected chi connectivity index (χ2v) is 10.6. The van der Waals surface area contributed by atoms with Crippen molar-refractivity contribution >= 4 is 33.9 Å². The van der Waals surface area contributed by atoms with Crippen LogP contribution in [0.15, 0.2) is 66.2 Å². The third-order valence-electron chi connectivity index (χ3n) is 7.18. The second kappa shape index (κ2) is 12.3. The van der Waals surface area contributed by atoms with Gasteiger partial charge in [-0.2, -0.15) is 0 Å². The first-order chi connectivity index (χ1) is 19.0. The molecule has 7 nitrogen and oxygen atoms in total. The van der Waals surface area contributed by atoms with E-state index in [1.165, 1.54) is 4.88 Å². The van der Waals surface area contributed by atoms with Crippen LogP contribution >= 0.6 is 11.3 Å². The van der Waals surface area contributed by atoms with Crippen molar-refractivity contribution in [1.82, 2.24) is 15.2 Å². The predicted molar refractivity (Wildman–Crippen MR) is 154 cm³/mol. The number of nitrogens with zero attached hydrogens (tertiary/aromatic N) is 2. The zero-order chi connectivity index (χ0) is 27.2. The largest absolute Gasteiger partial charge is 0.493 e. The van der Waals surface area contributed by atoms with Crippen molar-refractivity contribution in [2.24, 2.45) is 0 Å². The van der Waals surface area contributed by atoms with Crippen molar-refractivity contribution in [3.05, 3.63) is 87.9 Å². The Morgan fingerprint density at radius 1 is 1.10 bits per heavy atom. The summed E-state index contributed by atoms with van der Waals surface area (Å²) in [5.74, 6) is 0.971.